The van der Waals surface area contributed by atoms with E-state index in [1.807, 2.05) is 0 Å². The molecule has 0 heterocycles. The number of hydrogen-bond donors (Lipinski definition) is 1. The molecule has 1 atom stereocenters. The summed E-state index contributed by atoms with van der Waals surface area (Å²) in [6.45, 7) is -1.40. The Bertz CT molecular complexity index is 1740. The van der Waals surface area contributed by atoms with Crippen molar-refractivity contribution in [1.82, 2.24) is 0 Å². The zero-order chi connectivity index (χ0) is 35.8. The summed E-state index contributed by atoms with van der Waals surface area (Å²) in [6.07, 6.45) is -16.1. The van der Waals surface area contributed by atoms with Crippen LogP contribution in [0, 0.1) is 20.2 Å². The number of carbonyl (C=O) groups excluding carboxylic acids is 1. The molecule has 3 aromatic rings. The lowest BCUT2D eigenvalue weighted by molar-refractivity contribution is -0.392. The van der Waals surface area contributed by atoms with Crippen molar-refractivity contribution >= 4 is 63.5 Å². The van der Waals surface area contributed by atoms with Gasteiger partial charge in [0.05, 0.1) is 42.6 Å². The summed E-state index contributed by atoms with van der Waals surface area (Å²) in [5.41, 5.74) is -11.1. The van der Waals surface area contributed by atoms with Gasteiger partial charge in [0.25, 0.3) is 11.4 Å². The summed E-state index contributed by atoms with van der Waals surface area (Å²) in [6, 6.07) is 2.03. The molecule has 1 N–H and O–H groups in total. The number of ketones is 1. The first-order valence-electron chi connectivity index (χ1n) is 12.0. The van der Waals surface area contributed by atoms with E-state index in [0.717, 1.165) is 0 Å². The molecule has 0 fully saturated rings. The lowest BCUT2D eigenvalue weighted by Gasteiger charge is -2.19. The van der Waals surface area contributed by atoms with E-state index in [4.69, 9.17) is 34.8 Å². The fraction of sp³-hybridized carbons (Fsp3) is 0.192. The number of hydrogen-bond acceptors (Lipinski definition) is 6. The van der Waals surface area contributed by atoms with Gasteiger partial charge in [-0.2, -0.15) is 39.5 Å². The smallest absolute Gasteiger partial charge is 0.366 e. The normalized spacial score (nSPS) is 13.3. The Morgan fingerprint density at radius 2 is 1.34 bits per heavy atom. The third-order valence-electron chi connectivity index (χ3n) is 6.18. The number of anilines is 1. The number of carbonyl (C=O) groups is 1. The first kappa shape index (κ1) is 37.3. The Morgan fingerprint density at radius 3 is 1.77 bits per heavy atom. The van der Waals surface area contributed by atoms with Crippen LogP contribution in [0.1, 0.15) is 38.5 Å². The molecule has 0 saturated carbocycles. The van der Waals surface area contributed by atoms with Crippen LogP contribution in [-0.2, 0) is 12.4 Å². The van der Waals surface area contributed by atoms with Crippen LogP contribution in [0.15, 0.2) is 48.5 Å². The average molecular weight is 743 g/mol. The Morgan fingerprint density at radius 1 is 0.830 bits per heavy atom. The highest BCUT2D eigenvalue weighted by molar-refractivity contribution is 6.48. The van der Waals surface area contributed by atoms with Crippen molar-refractivity contribution in [2.45, 2.75) is 24.4 Å². The molecule has 252 valence electrons. The number of halogens is 13. The van der Waals surface area contributed by atoms with Gasteiger partial charge < -0.3 is 5.32 Å². The Labute approximate surface area is 269 Å². The molecule has 0 spiro atoms. The first-order valence-corrected chi connectivity index (χ1v) is 13.2. The standard InChI is InChI=1S/C26H12Cl3F10N3O5/c27-16-4-11(5-17(28)22(16)29)14(25(34,35)36)8-18(30)10-1-2-13(15(3-10)26(37,38)39)21(43)9-40-23-19(41(44)45)6-12(24(31,32)33)7-20(23)42(46)47/h1-8,14,40H,9H2/b18-8-. The molecule has 1 unspecified atom stereocenters. The SMILES string of the molecule is O=C(CNc1c([N+](=O)[O-])cc(C(F)(F)F)cc1[N+](=O)[O-])c1ccc(/C(F)=C/C(c2cc(Cl)c(Cl)c(Cl)c2)C(F)(F)F)cc1C(F)(F)F. The molecule has 3 rings (SSSR count). The molecule has 21 heteroatoms. The summed E-state index contributed by atoms with van der Waals surface area (Å²) in [5.74, 6) is -6.24. The molecule has 3 aromatic carbocycles. The molecular formula is C26H12Cl3F10N3O5. The minimum absolute atomic E-state index is 0.0165. The van der Waals surface area contributed by atoms with Gasteiger partial charge in [-0.15, -0.1) is 0 Å². The number of nitrogens with one attached hydrogen (secondary N) is 1. The van der Waals surface area contributed by atoms with Gasteiger partial charge in [-0.05, 0) is 29.8 Å². The van der Waals surface area contributed by atoms with Gasteiger partial charge in [0, 0.05) is 23.3 Å². The highest BCUT2D eigenvalue weighted by atomic mass is 35.5. The number of alkyl halides is 9. The molecule has 8 nitrogen and oxygen atoms in total. The molecule has 0 bridgehead atoms. The van der Waals surface area contributed by atoms with E-state index in [0.29, 0.717) is 24.3 Å². The van der Waals surface area contributed by atoms with Crippen molar-refractivity contribution in [2.75, 3.05) is 11.9 Å². The van der Waals surface area contributed by atoms with Gasteiger partial charge in [0.15, 0.2) is 11.5 Å². The third-order valence-corrected chi connectivity index (χ3v) is 7.37. The topological polar surface area (TPSA) is 115 Å². The van der Waals surface area contributed by atoms with E-state index in [1.54, 1.807) is 5.32 Å². The molecule has 0 aromatic heterocycles. The highest BCUT2D eigenvalue weighted by Gasteiger charge is 2.42. The molecule has 0 amide bonds. The van der Waals surface area contributed by atoms with Crippen LogP contribution >= 0.6 is 34.8 Å². The van der Waals surface area contributed by atoms with Crippen molar-refractivity contribution < 1.29 is 58.5 Å². The van der Waals surface area contributed by atoms with Crippen LogP contribution in [0.3, 0.4) is 0 Å². The number of nitro benzene ring substituents is 2. The molecule has 0 aliphatic carbocycles. The monoisotopic (exact) mass is 741 g/mol. The second kappa shape index (κ2) is 13.5. The van der Waals surface area contributed by atoms with Crippen molar-refractivity contribution in [2.24, 2.45) is 0 Å². The van der Waals surface area contributed by atoms with E-state index in [1.165, 1.54) is 0 Å². The predicted molar refractivity (Wildman–Crippen MR) is 148 cm³/mol. The first-order chi connectivity index (χ1) is 21.4. The second-order valence-electron chi connectivity index (χ2n) is 9.27. The number of allylic oxidation sites excluding steroid dienone is 1. The number of nitrogens with zero attached hydrogens (tertiary/aromatic N) is 2. The lowest BCUT2D eigenvalue weighted by Crippen LogP contribution is -2.21. The average Bonchev–Trinajstić information content (AvgIpc) is 2.94. The quantitative estimate of drug-likeness (QED) is 0.0767. The zero-order valence-electron chi connectivity index (χ0n) is 22.3. The van der Waals surface area contributed by atoms with Crippen molar-refractivity contribution in [1.29, 1.82) is 0 Å². The fourth-order valence-electron chi connectivity index (χ4n) is 4.06. The van der Waals surface area contributed by atoms with Gasteiger partial charge in [-0.3, -0.25) is 25.0 Å². The maximum atomic E-state index is 15.1. The lowest BCUT2D eigenvalue weighted by atomic mass is 9.95. The number of benzene rings is 3. The van der Waals surface area contributed by atoms with Gasteiger partial charge in [-0.1, -0.05) is 46.9 Å². The van der Waals surface area contributed by atoms with E-state index in [-0.39, 0.29) is 29.3 Å². The highest BCUT2D eigenvalue weighted by Crippen LogP contribution is 2.44. The minimum atomic E-state index is -5.46. The van der Waals surface area contributed by atoms with Crippen LogP contribution in [0.4, 0.5) is 61.0 Å². The molecule has 0 aliphatic heterocycles. The van der Waals surface area contributed by atoms with E-state index < -0.39 is 107 Å². The molecule has 47 heavy (non-hydrogen) atoms. The molecule has 0 saturated heterocycles. The Hall–Kier alpha value is -4.16. The van der Waals surface area contributed by atoms with Crippen LogP contribution in [0.2, 0.25) is 15.1 Å². The van der Waals surface area contributed by atoms with E-state index in [9.17, 15) is 64.5 Å². The van der Waals surface area contributed by atoms with E-state index >= 15 is 4.39 Å². The minimum Gasteiger partial charge on any atom is -0.366 e. The second-order valence-corrected chi connectivity index (χ2v) is 10.5. The summed E-state index contributed by atoms with van der Waals surface area (Å²) < 4.78 is 138. The Kier molecular flexibility index (Phi) is 10.7. The number of Topliss-reactive ketones (excluding diaryl/α,β-unsaturated/α-hetero) is 1. The predicted octanol–water partition coefficient (Wildman–Crippen LogP) is 10.5. The van der Waals surface area contributed by atoms with E-state index in [2.05, 4.69) is 0 Å². The van der Waals surface area contributed by atoms with Gasteiger partial charge in [0.2, 0.25) is 0 Å². The van der Waals surface area contributed by atoms with Crippen LogP contribution < -0.4 is 5.32 Å². The van der Waals surface area contributed by atoms with Crippen molar-refractivity contribution in [3.63, 3.8) is 0 Å². The summed E-state index contributed by atoms with van der Waals surface area (Å²) >= 11 is 17.2. The maximum Gasteiger partial charge on any atom is 0.417 e. The van der Waals surface area contributed by atoms with Gasteiger partial charge in [0.1, 0.15) is 11.7 Å². The maximum absolute atomic E-state index is 15.1. The summed E-state index contributed by atoms with van der Waals surface area (Å²) in [4.78, 5) is 32.6. The van der Waals surface area contributed by atoms with Crippen LogP contribution in [0.5, 0.6) is 0 Å². The van der Waals surface area contributed by atoms with Gasteiger partial charge in [-0.25, -0.2) is 4.39 Å². The van der Waals surface area contributed by atoms with Gasteiger partial charge >= 0.3 is 18.5 Å². The molecule has 0 aliphatic rings. The largest absolute Gasteiger partial charge is 0.417 e. The van der Waals surface area contributed by atoms with Crippen molar-refractivity contribution in [3.05, 3.63) is 112 Å². The molecule has 0 radical (unpaired) electrons. The summed E-state index contributed by atoms with van der Waals surface area (Å²) in [5, 5.41) is 23.3. The van der Waals surface area contributed by atoms with Crippen LogP contribution in [-0.4, -0.2) is 28.4 Å². The molecular weight excluding hydrogens is 731 g/mol. The number of rotatable bonds is 9. The fourth-order valence-corrected chi connectivity index (χ4v) is 4.67. The zero-order valence-corrected chi connectivity index (χ0v) is 24.5. The number of nitro groups is 2. The third kappa shape index (κ3) is 8.61. The Balaban J connectivity index is 2.05. The summed E-state index contributed by atoms with van der Waals surface area (Å²) in [7, 11) is 0. The van der Waals surface area contributed by atoms with Crippen molar-refractivity contribution in [3.8, 4) is 0 Å². The van der Waals surface area contributed by atoms with Crippen LogP contribution in [0.25, 0.3) is 5.83 Å².